The molecule has 2 N–H and O–H groups in total. The van der Waals surface area contributed by atoms with Crippen molar-refractivity contribution in [3.05, 3.63) is 26.7 Å². The molecule has 3 fully saturated rings. The lowest BCUT2D eigenvalue weighted by atomic mass is 9.64. The Morgan fingerprint density at radius 1 is 1.13 bits per heavy atom. The van der Waals surface area contributed by atoms with Crippen molar-refractivity contribution in [2.45, 2.75) is 89.3 Å². The third kappa shape index (κ3) is 3.29. The lowest BCUT2D eigenvalue weighted by Crippen LogP contribution is -2.53. The molecule has 0 atom stereocenters. The number of carbonyl (C=O) groups is 1. The molecule has 1 saturated carbocycles. The van der Waals surface area contributed by atoms with Crippen LogP contribution in [-0.2, 0) is 28.0 Å². The number of imidazole rings is 1. The van der Waals surface area contributed by atoms with Gasteiger partial charge in [-0.1, -0.05) is 13.8 Å². The summed E-state index contributed by atoms with van der Waals surface area (Å²) in [5.74, 6) is -0.0930. The zero-order chi connectivity index (χ0) is 21.5. The molecular weight excluding hydrogens is 388 g/mol. The second-order valence-electron chi connectivity index (χ2n) is 8.82. The number of carboxylic acids is 1. The number of aliphatic carboxylic acids is 1. The third-order valence-electron chi connectivity index (χ3n) is 6.83. The van der Waals surface area contributed by atoms with E-state index in [4.69, 9.17) is 14.8 Å². The van der Waals surface area contributed by atoms with E-state index in [0.717, 1.165) is 32.1 Å². The van der Waals surface area contributed by atoms with Crippen molar-refractivity contribution in [1.82, 2.24) is 19.1 Å². The summed E-state index contributed by atoms with van der Waals surface area (Å²) in [6.45, 7) is 5.27. The number of nitrogens with one attached hydrogen (secondary N) is 1. The minimum atomic E-state index is -0.801. The van der Waals surface area contributed by atoms with E-state index in [-0.39, 0.29) is 28.7 Å². The molecule has 2 saturated heterocycles. The molecular formula is C21H30N4O5. The topological polar surface area (TPSA) is 119 Å². The van der Waals surface area contributed by atoms with E-state index >= 15 is 0 Å². The number of aromatic amines is 1. The van der Waals surface area contributed by atoms with E-state index in [0.29, 0.717) is 49.5 Å². The fourth-order valence-corrected chi connectivity index (χ4v) is 4.99. The van der Waals surface area contributed by atoms with E-state index < -0.39 is 5.97 Å². The van der Waals surface area contributed by atoms with Crippen LogP contribution in [-0.4, -0.2) is 42.4 Å². The van der Waals surface area contributed by atoms with Crippen molar-refractivity contribution in [3.63, 3.8) is 0 Å². The maximum Gasteiger partial charge on any atom is 0.332 e. The lowest BCUT2D eigenvalue weighted by molar-refractivity contribution is -0.167. The lowest BCUT2D eigenvalue weighted by Gasteiger charge is -2.52. The number of hydrogen-bond donors (Lipinski definition) is 2. The predicted molar refractivity (Wildman–Crippen MR) is 111 cm³/mol. The third-order valence-corrected chi connectivity index (χ3v) is 6.83. The molecule has 0 radical (unpaired) electrons. The number of rotatable bonds is 8. The highest BCUT2D eigenvalue weighted by Crippen LogP contribution is 2.51. The second-order valence-corrected chi connectivity index (χ2v) is 8.82. The van der Waals surface area contributed by atoms with Gasteiger partial charge in [0.2, 0.25) is 0 Å². The Morgan fingerprint density at radius 3 is 2.37 bits per heavy atom. The second kappa shape index (κ2) is 7.68. The summed E-state index contributed by atoms with van der Waals surface area (Å²) in [6.07, 6.45) is 5.31. The molecule has 2 bridgehead atoms. The normalized spacial score (nSPS) is 25.8. The maximum atomic E-state index is 13.0. The van der Waals surface area contributed by atoms with Gasteiger partial charge in [0, 0.05) is 19.5 Å². The zero-order valence-corrected chi connectivity index (χ0v) is 17.7. The number of nitrogens with zero attached hydrogens (tertiary/aromatic N) is 3. The first-order valence-corrected chi connectivity index (χ1v) is 10.9. The van der Waals surface area contributed by atoms with Crippen LogP contribution in [0, 0.1) is 0 Å². The summed E-state index contributed by atoms with van der Waals surface area (Å²) in [4.78, 5) is 44.9. The summed E-state index contributed by atoms with van der Waals surface area (Å²) >= 11 is 0. The fraction of sp³-hybridized carbons (Fsp3) is 0.714. The van der Waals surface area contributed by atoms with Gasteiger partial charge in [-0.2, -0.15) is 0 Å². The maximum absolute atomic E-state index is 13.0. The van der Waals surface area contributed by atoms with E-state index in [1.165, 1.54) is 4.57 Å². The number of ether oxygens (including phenoxy) is 1. The van der Waals surface area contributed by atoms with Gasteiger partial charge in [-0.15, -0.1) is 0 Å². The minimum absolute atomic E-state index is 0.109. The molecule has 30 heavy (non-hydrogen) atoms. The van der Waals surface area contributed by atoms with E-state index in [2.05, 4.69) is 4.98 Å². The van der Waals surface area contributed by atoms with Crippen LogP contribution in [0.5, 0.6) is 0 Å². The van der Waals surface area contributed by atoms with Crippen molar-refractivity contribution >= 4 is 17.1 Å². The highest BCUT2D eigenvalue weighted by atomic mass is 16.5. The van der Waals surface area contributed by atoms with E-state index in [1.54, 1.807) is 4.57 Å². The number of aryl methyl sites for hydroxylation is 1. The quantitative estimate of drug-likeness (QED) is 0.678. The molecule has 1 aliphatic carbocycles. The highest BCUT2D eigenvalue weighted by Gasteiger charge is 2.52. The molecule has 3 aliphatic rings. The Kier molecular flexibility index (Phi) is 5.34. The molecule has 5 rings (SSSR count). The SMILES string of the molecule is CCCn1c(=O)c2[nH]c(C34CCC(CCC(=O)O)(CC3)OC4)nc2n(CCC)c1=O. The van der Waals surface area contributed by atoms with E-state index in [9.17, 15) is 14.4 Å². The van der Waals surface area contributed by atoms with E-state index in [1.807, 2.05) is 13.8 Å². The molecule has 0 amide bonds. The van der Waals surface area contributed by atoms with Gasteiger partial charge in [0.05, 0.1) is 17.6 Å². The summed E-state index contributed by atoms with van der Waals surface area (Å²) < 4.78 is 9.09. The van der Waals surface area contributed by atoms with Gasteiger partial charge in [0.25, 0.3) is 5.56 Å². The van der Waals surface area contributed by atoms with Crippen molar-refractivity contribution in [2.24, 2.45) is 0 Å². The summed E-state index contributed by atoms with van der Waals surface area (Å²) in [5, 5.41) is 9.02. The molecule has 4 heterocycles. The van der Waals surface area contributed by atoms with Crippen molar-refractivity contribution in [3.8, 4) is 0 Å². The number of H-pyrrole nitrogens is 1. The molecule has 2 aliphatic heterocycles. The Morgan fingerprint density at radius 2 is 1.80 bits per heavy atom. The van der Waals surface area contributed by atoms with Gasteiger partial charge in [0.1, 0.15) is 11.3 Å². The molecule has 2 aromatic heterocycles. The van der Waals surface area contributed by atoms with Crippen LogP contribution in [0.4, 0.5) is 0 Å². The zero-order valence-electron chi connectivity index (χ0n) is 17.7. The van der Waals surface area contributed by atoms with Crippen LogP contribution in [0.2, 0.25) is 0 Å². The first-order valence-electron chi connectivity index (χ1n) is 10.9. The number of hydrogen-bond acceptors (Lipinski definition) is 5. The molecule has 0 unspecified atom stereocenters. The average Bonchev–Trinajstić information content (AvgIpc) is 3.20. The highest BCUT2D eigenvalue weighted by molar-refractivity contribution is 5.70. The molecule has 2 aromatic rings. The minimum Gasteiger partial charge on any atom is -0.481 e. The first-order chi connectivity index (χ1) is 14.3. The van der Waals surface area contributed by atoms with Crippen LogP contribution in [0.1, 0.15) is 71.0 Å². The molecule has 164 valence electrons. The van der Waals surface area contributed by atoms with Crippen LogP contribution >= 0.6 is 0 Å². The van der Waals surface area contributed by atoms with Gasteiger partial charge in [0.15, 0.2) is 5.65 Å². The van der Waals surface area contributed by atoms with Crippen molar-refractivity contribution in [1.29, 1.82) is 0 Å². The fourth-order valence-electron chi connectivity index (χ4n) is 4.99. The summed E-state index contributed by atoms with van der Waals surface area (Å²) in [7, 11) is 0. The Labute approximate surface area is 174 Å². The molecule has 0 spiro atoms. The smallest absolute Gasteiger partial charge is 0.332 e. The van der Waals surface area contributed by atoms with Gasteiger partial charge < -0.3 is 14.8 Å². The summed E-state index contributed by atoms with van der Waals surface area (Å²) in [6, 6.07) is 0. The number of aromatic nitrogens is 4. The van der Waals surface area contributed by atoms with Gasteiger partial charge in [-0.3, -0.25) is 18.7 Å². The largest absolute Gasteiger partial charge is 0.481 e. The van der Waals surface area contributed by atoms with Crippen LogP contribution < -0.4 is 11.2 Å². The monoisotopic (exact) mass is 418 g/mol. The summed E-state index contributed by atoms with van der Waals surface area (Å²) in [5.41, 5.74) is -0.486. The Balaban J connectivity index is 1.72. The van der Waals surface area contributed by atoms with Gasteiger partial charge in [-0.05, 0) is 44.9 Å². The average molecular weight is 418 g/mol. The van der Waals surface area contributed by atoms with Crippen molar-refractivity contribution in [2.75, 3.05) is 6.61 Å². The number of fused-ring (bicyclic) bond motifs is 4. The van der Waals surface area contributed by atoms with Crippen LogP contribution in [0.15, 0.2) is 9.59 Å². The van der Waals surface area contributed by atoms with Crippen LogP contribution in [0.3, 0.4) is 0 Å². The van der Waals surface area contributed by atoms with Crippen molar-refractivity contribution < 1.29 is 14.6 Å². The predicted octanol–water partition coefficient (Wildman–Crippen LogP) is 2.15. The molecule has 9 heteroatoms. The molecule has 9 nitrogen and oxygen atoms in total. The van der Waals surface area contributed by atoms with Crippen LogP contribution in [0.25, 0.3) is 11.2 Å². The Bertz CT molecular complexity index is 1050. The molecule has 0 aromatic carbocycles. The van der Waals surface area contributed by atoms with Gasteiger partial charge >= 0.3 is 11.7 Å². The van der Waals surface area contributed by atoms with Gasteiger partial charge in [-0.25, -0.2) is 9.78 Å². The first kappa shape index (κ1) is 20.8. The number of carboxylic acid groups (broad SMARTS) is 1. The standard InChI is InChI=1S/C21H30N4O5/c1-3-11-24-16-15(17(28)25(12-4-2)19(24)29)22-18(23-16)20-7-9-21(10-8-20,30-13-20)6-5-14(26)27/h3-13H2,1-2H3,(H,22,23)(H,26,27). The Hall–Kier alpha value is -2.42.